The minimum Gasteiger partial charge on any atom is -0.299 e. The Kier molecular flexibility index (Phi) is 2.94. The Hall–Kier alpha value is -0.300. The van der Waals surface area contributed by atoms with Crippen molar-refractivity contribution < 1.29 is 4.79 Å². The van der Waals surface area contributed by atoms with Gasteiger partial charge in [-0.1, -0.05) is 17.7 Å². The highest BCUT2D eigenvalue weighted by molar-refractivity contribution is 6.25. The van der Waals surface area contributed by atoms with Gasteiger partial charge in [0, 0.05) is 17.9 Å². The molecule has 0 amide bonds. The largest absolute Gasteiger partial charge is 0.299 e. The highest BCUT2D eigenvalue weighted by Crippen LogP contribution is 2.24. The van der Waals surface area contributed by atoms with Crippen LogP contribution in [0.2, 0.25) is 0 Å². The van der Waals surface area contributed by atoms with Gasteiger partial charge in [0.05, 0.1) is 0 Å². The van der Waals surface area contributed by atoms with E-state index in [0.717, 1.165) is 25.7 Å². The molecule has 1 saturated carbocycles. The molecule has 0 aromatic carbocycles. The molecule has 0 heterocycles. The second-order valence-electron chi connectivity index (χ2n) is 2.65. The Morgan fingerprint density at radius 2 is 2.50 bits per heavy atom. The first kappa shape index (κ1) is 7.80. The normalized spacial score (nSPS) is 26.5. The summed E-state index contributed by atoms with van der Waals surface area (Å²) in [7, 11) is 0. The first-order chi connectivity index (χ1) is 4.84. The molecule has 1 fully saturated rings. The minimum atomic E-state index is 0.273. The van der Waals surface area contributed by atoms with Gasteiger partial charge in [0.15, 0.2) is 0 Å². The zero-order valence-electron chi connectivity index (χ0n) is 5.85. The van der Waals surface area contributed by atoms with E-state index in [-0.39, 0.29) is 5.92 Å². The second kappa shape index (κ2) is 3.77. The summed E-state index contributed by atoms with van der Waals surface area (Å²) in [4.78, 5) is 11.0. The topological polar surface area (TPSA) is 17.1 Å². The van der Waals surface area contributed by atoms with Gasteiger partial charge in [-0.05, 0) is 19.3 Å². The monoisotopic (exact) mass is 158 g/mol. The number of hydrogen-bond donors (Lipinski definition) is 0. The lowest BCUT2D eigenvalue weighted by Gasteiger charge is -2.00. The van der Waals surface area contributed by atoms with E-state index in [1.54, 1.807) is 0 Å². The van der Waals surface area contributed by atoms with Crippen molar-refractivity contribution >= 4 is 17.4 Å². The van der Waals surface area contributed by atoms with Crippen LogP contribution in [0, 0.1) is 5.92 Å². The predicted molar refractivity (Wildman–Crippen MR) is 42.0 cm³/mol. The number of rotatable bonds is 2. The maximum absolute atomic E-state index is 11.0. The van der Waals surface area contributed by atoms with Crippen molar-refractivity contribution in [3.63, 3.8) is 0 Å². The van der Waals surface area contributed by atoms with Gasteiger partial charge in [0.1, 0.15) is 5.78 Å². The van der Waals surface area contributed by atoms with Gasteiger partial charge in [-0.3, -0.25) is 4.79 Å². The summed E-state index contributed by atoms with van der Waals surface area (Å²) in [6.07, 6.45) is 5.60. The van der Waals surface area contributed by atoms with Gasteiger partial charge in [-0.2, -0.15) is 0 Å². The van der Waals surface area contributed by atoms with Gasteiger partial charge in [0.25, 0.3) is 0 Å². The summed E-state index contributed by atoms with van der Waals surface area (Å²) in [5.41, 5.74) is 1.49. The molecule has 0 aliphatic heterocycles. The van der Waals surface area contributed by atoms with Crippen molar-refractivity contribution in [3.8, 4) is 0 Å². The van der Waals surface area contributed by atoms with E-state index in [0.29, 0.717) is 5.78 Å². The van der Waals surface area contributed by atoms with E-state index in [9.17, 15) is 4.79 Å². The molecule has 0 spiro atoms. The first-order valence-electron chi connectivity index (χ1n) is 3.62. The first-order valence-corrected chi connectivity index (χ1v) is 4.06. The molecular formula is C8H11ClO. The predicted octanol–water partition coefficient (Wildman–Crippen LogP) is 2.50. The third-order valence-corrected chi connectivity index (χ3v) is 2.12. The van der Waals surface area contributed by atoms with Crippen LogP contribution >= 0.6 is 11.6 Å². The number of ketones is 1. The van der Waals surface area contributed by atoms with Crippen LogP contribution in [0.1, 0.15) is 25.7 Å². The molecule has 1 atom stereocenters. The van der Waals surface area contributed by atoms with Gasteiger partial charge in [0.2, 0.25) is 0 Å². The van der Waals surface area contributed by atoms with Crippen LogP contribution in [0.5, 0.6) is 0 Å². The Balaban J connectivity index is 2.33. The molecule has 0 saturated heterocycles. The Morgan fingerprint density at radius 1 is 1.70 bits per heavy atom. The molecule has 0 radical (unpaired) electrons. The van der Waals surface area contributed by atoms with E-state index in [1.807, 2.05) is 6.08 Å². The van der Waals surface area contributed by atoms with Crippen LogP contribution in [-0.4, -0.2) is 5.78 Å². The van der Waals surface area contributed by atoms with E-state index < -0.39 is 0 Å². The molecule has 1 aliphatic rings. The van der Waals surface area contributed by atoms with Crippen molar-refractivity contribution in [2.45, 2.75) is 25.7 Å². The van der Waals surface area contributed by atoms with Crippen LogP contribution in [0.4, 0.5) is 0 Å². The quantitative estimate of drug-likeness (QED) is 0.604. The average Bonchev–Trinajstić information content (AvgIpc) is 2.31. The van der Waals surface area contributed by atoms with Gasteiger partial charge < -0.3 is 0 Å². The van der Waals surface area contributed by atoms with E-state index >= 15 is 0 Å². The highest BCUT2D eigenvalue weighted by atomic mass is 35.5. The van der Waals surface area contributed by atoms with Crippen LogP contribution in [-0.2, 0) is 4.79 Å². The van der Waals surface area contributed by atoms with Crippen molar-refractivity contribution in [1.82, 2.24) is 0 Å². The lowest BCUT2D eigenvalue weighted by atomic mass is 10.0. The third kappa shape index (κ3) is 1.84. The number of allylic oxidation sites excluding steroid dienone is 1. The Labute approximate surface area is 66.1 Å². The standard InChI is InChI=1S/C8H11ClO/c9-6-2-4-7-3-1-5-8(7)10/h2,6-7H,1,3-5H2/b6-2-. The lowest BCUT2D eigenvalue weighted by Crippen LogP contribution is -2.03. The number of halogens is 1. The summed E-state index contributed by atoms with van der Waals surface area (Å²) in [6.45, 7) is 0. The van der Waals surface area contributed by atoms with Crippen molar-refractivity contribution in [2.75, 3.05) is 0 Å². The molecule has 1 nitrogen and oxygen atoms in total. The number of carbonyl (C=O) groups is 1. The molecule has 1 aliphatic carbocycles. The molecule has 0 aromatic heterocycles. The molecule has 2 heteroatoms. The van der Waals surface area contributed by atoms with Gasteiger partial charge in [-0.15, -0.1) is 0 Å². The number of hydrogen-bond acceptors (Lipinski definition) is 1. The zero-order valence-corrected chi connectivity index (χ0v) is 6.60. The van der Waals surface area contributed by atoms with E-state index in [2.05, 4.69) is 0 Å². The van der Waals surface area contributed by atoms with Crippen LogP contribution in [0.3, 0.4) is 0 Å². The molecule has 0 N–H and O–H groups in total. The summed E-state index contributed by atoms with van der Waals surface area (Å²) in [6, 6.07) is 0. The Bertz CT molecular complexity index is 151. The molecule has 1 unspecified atom stereocenters. The molecule has 56 valence electrons. The average molecular weight is 159 g/mol. The fraction of sp³-hybridized carbons (Fsp3) is 0.625. The molecule has 1 rings (SSSR count). The Morgan fingerprint density at radius 3 is 3.00 bits per heavy atom. The van der Waals surface area contributed by atoms with Crippen LogP contribution in [0.15, 0.2) is 11.6 Å². The van der Waals surface area contributed by atoms with Crippen molar-refractivity contribution in [2.24, 2.45) is 5.92 Å². The molecule has 0 bridgehead atoms. The molecule has 0 aromatic rings. The smallest absolute Gasteiger partial charge is 0.136 e. The molecular weight excluding hydrogens is 148 g/mol. The summed E-state index contributed by atoms with van der Waals surface area (Å²) < 4.78 is 0. The maximum atomic E-state index is 11.0. The van der Waals surface area contributed by atoms with Crippen molar-refractivity contribution in [1.29, 1.82) is 0 Å². The second-order valence-corrected chi connectivity index (χ2v) is 2.90. The van der Waals surface area contributed by atoms with E-state index in [1.165, 1.54) is 5.54 Å². The van der Waals surface area contributed by atoms with Crippen LogP contribution < -0.4 is 0 Å². The van der Waals surface area contributed by atoms with Gasteiger partial charge in [-0.25, -0.2) is 0 Å². The number of Topliss-reactive ketones (excluding diaryl/α,β-unsaturated/α-hetero) is 1. The third-order valence-electron chi connectivity index (χ3n) is 1.94. The lowest BCUT2D eigenvalue weighted by molar-refractivity contribution is -0.120. The minimum absolute atomic E-state index is 0.273. The van der Waals surface area contributed by atoms with Crippen molar-refractivity contribution in [3.05, 3.63) is 11.6 Å². The number of carbonyl (C=O) groups excluding carboxylic acids is 1. The van der Waals surface area contributed by atoms with E-state index in [4.69, 9.17) is 11.6 Å². The van der Waals surface area contributed by atoms with Crippen LogP contribution in [0.25, 0.3) is 0 Å². The highest BCUT2D eigenvalue weighted by Gasteiger charge is 2.22. The summed E-state index contributed by atoms with van der Waals surface area (Å²) in [5, 5.41) is 0. The fourth-order valence-corrected chi connectivity index (χ4v) is 1.46. The fourth-order valence-electron chi connectivity index (χ4n) is 1.35. The molecule has 10 heavy (non-hydrogen) atoms. The van der Waals surface area contributed by atoms with Gasteiger partial charge >= 0.3 is 0 Å². The SMILES string of the molecule is O=C1CCCC1C/C=C\Cl. The maximum Gasteiger partial charge on any atom is 0.136 e. The zero-order chi connectivity index (χ0) is 7.40. The summed E-state index contributed by atoms with van der Waals surface area (Å²) >= 11 is 5.34. The summed E-state index contributed by atoms with van der Waals surface area (Å²) in [5.74, 6) is 0.685.